The highest BCUT2D eigenvalue weighted by Crippen LogP contribution is 2.14. The summed E-state index contributed by atoms with van der Waals surface area (Å²) in [5.41, 5.74) is 0.139. The van der Waals surface area contributed by atoms with Gasteiger partial charge in [-0.05, 0) is 12.1 Å². The van der Waals surface area contributed by atoms with Crippen molar-refractivity contribution in [2.45, 2.75) is 6.42 Å². The third-order valence-electron chi connectivity index (χ3n) is 4.42. The van der Waals surface area contributed by atoms with Gasteiger partial charge in [-0.3, -0.25) is 14.5 Å². The summed E-state index contributed by atoms with van der Waals surface area (Å²) in [7, 11) is 0. The van der Waals surface area contributed by atoms with Gasteiger partial charge in [0.1, 0.15) is 5.58 Å². The molecule has 1 saturated heterocycles. The van der Waals surface area contributed by atoms with Crippen molar-refractivity contribution in [1.29, 1.82) is 5.26 Å². The highest BCUT2D eigenvalue weighted by atomic mass is 16.5. The largest absolute Gasteiger partial charge is 0.451 e. The second-order valence-electron chi connectivity index (χ2n) is 6.13. The number of para-hydroxylation sites is 1. The monoisotopic (exact) mass is 355 g/mol. The quantitative estimate of drug-likeness (QED) is 0.780. The summed E-state index contributed by atoms with van der Waals surface area (Å²) in [4.78, 5) is 28.9. The number of carbonyl (C=O) groups is 1. The van der Waals surface area contributed by atoms with E-state index < -0.39 is 0 Å². The molecule has 0 atom stereocenters. The van der Waals surface area contributed by atoms with Crippen LogP contribution in [0.25, 0.3) is 11.0 Å². The van der Waals surface area contributed by atoms with Gasteiger partial charge >= 0.3 is 0 Å². The molecule has 1 aliphatic heterocycles. The fourth-order valence-electron chi connectivity index (χ4n) is 2.95. The highest BCUT2D eigenvalue weighted by Gasteiger charge is 2.21. The van der Waals surface area contributed by atoms with Crippen molar-refractivity contribution in [3.8, 4) is 6.07 Å². The molecule has 0 N–H and O–H groups in total. The van der Waals surface area contributed by atoms with Gasteiger partial charge < -0.3 is 14.1 Å². The number of hydrogen-bond donors (Lipinski definition) is 0. The number of ether oxygens (including phenoxy) is 1. The number of nitrogens with zero attached hydrogens (tertiary/aromatic N) is 3. The Hall–Kier alpha value is -2.69. The molecule has 3 rings (SSSR count). The Morgan fingerprint density at radius 1 is 1.23 bits per heavy atom. The summed E-state index contributed by atoms with van der Waals surface area (Å²) < 4.78 is 11.0. The Bertz CT molecular complexity index is 865. The van der Waals surface area contributed by atoms with E-state index >= 15 is 0 Å². The van der Waals surface area contributed by atoms with Crippen LogP contribution in [0.5, 0.6) is 0 Å². The summed E-state index contributed by atoms with van der Waals surface area (Å²) in [5, 5.41) is 9.33. The van der Waals surface area contributed by atoms with Gasteiger partial charge in [0.25, 0.3) is 5.91 Å². The molecule has 0 saturated carbocycles. The van der Waals surface area contributed by atoms with E-state index in [1.807, 2.05) is 0 Å². The van der Waals surface area contributed by atoms with E-state index in [2.05, 4.69) is 11.0 Å². The van der Waals surface area contributed by atoms with Crippen LogP contribution in [-0.2, 0) is 4.74 Å². The summed E-state index contributed by atoms with van der Waals surface area (Å²) in [5.74, 6) is -0.357. The van der Waals surface area contributed by atoms with E-state index in [9.17, 15) is 9.59 Å². The fraction of sp³-hybridized carbons (Fsp3) is 0.421. The third kappa shape index (κ3) is 4.28. The summed E-state index contributed by atoms with van der Waals surface area (Å²) in [6.07, 6.45) is 0.229. The van der Waals surface area contributed by atoms with E-state index in [1.165, 1.54) is 6.07 Å². The van der Waals surface area contributed by atoms with E-state index in [1.54, 1.807) is 29.2 Å². The van der Waals surface area contributed by atoms with Crippen LogP contribution in [0.1, 0.15) is 17.0 Å². The number of hydrogen-bond acceptors (Lipinski definition) is 6. The number of fused-ring (bicyclic) bond motifs is 1. The number of rotatable bonds is 6. The molecular formula is C19H21N3O4. The zero-order chi connectivity index (χ0) is 18.4. The second-order valence-corrected chi connectivity index (χ2v) is 6.13. The maximum Gasteiger partial charge on any atom is 0.289 e. The van der Waals surface area contributed by atoms with Crippen LogP contribution in [0.3, 0.4) is 0 Å². The molecule has 1 aromatic carbocycles. The lowest BCUT2D eigenvalue weighted by atomic mass is 10.2. The van der Waals surface area contributed by atoms with Crippen molar-refractivity contribution in [2.24, 2.45) is 0 Å². The minimum atomic E-state index is -0.364. The first-order valence-corrected chi connectivity index (χ1v) is 8.68. The lowest BCUT2D eigenvalue weighted by Crippen LogP contribution is -2.43. The number of carbonyl (C=O) groups excluding carboxylic acids is 1. The number of morpholine rings is 1. The molecule has 136 valence electrons. The molecule has 7 nitrogen and oxygen atoms in total. The molecule has 0 unspecified atom stereocenters. The van der Waals surface area contributed by atoms with Crippen LogP contribution in [0.2, 0.25) is 0 Å². The zero-order valence-electron chi connectivity index (χ0n) is 14.5. The zero-order valence-corrected chi connectivity index (χ0v) is 14.5. The van der Waals surface area contributed by atoms with Gasteiger partial charge in [0.15, 0.2) is 11.2 Å². The van der Waals surface area contributed by atoms with Crippen molar-refractivity contribution < 1.29 is 13.9 Å². The van der Waals surface area contributed by atoms with E-state index in [4.69, 9.17) is 14.4 Å². The Morgan fingerprint density at radius 2 is 2.00 bits per heavy atom. The van der Waals surface area contributed by atoms with E-state index in [-0.39, 0.29) is 23.5 Å². The Morgan fingerprint density at radius 3 is 2.77 bits per heavy atom. The Labute approximate surface area is 151 Å². The van der Waals surface area contributed by atoms with E-state index in [0.29, 0.717) is 43.8 Å². The number of nitriles is 1. The van der Waals surface area contributed by atoms with Gasteiger partial charge in [0.05, 0.1) is 31.1 Å². The first kappa shape index (κ1) is 18.1. The van der Waals surface area contributed by atoms with Gasteiger partial charge in [-0.2, -0.15) is 5.26 Å². The molecule has 0 bridgehead atoms. The first-order chi connectivity index (χ1) is 12.7. The lowest BCUT2D eigenvalue weighted by Gasteiger charge is -2.29. The SMILES string of the molecule is N#CCCN(CCN1CCOCC1)C(=O)c1cc(=O)c2ccccc2o1. The average Bonchev–Trinajstić information content (AvgIpc) is 2.68. The van der Waals surface area contributed by atoms with Crippen LogP contribution in [0.4, 0.5) is 0 Å². The second kappa shape index (κ2) is 8.61. The topological polar surface area (TPSA) is 86.8 Å². The number of benzene rings is 1. The van der Waals surface area contributed by atoms with Gasteiger partial charge in [-0.15, -0.1) is 0 Å². The Balaban J connectivity index is 1.78. The molecule has 0 aliphatic carbocycles. The number of amides is 1. The van der Waals surface area contributed by atoms with Crippen molar-refractivity contribution in [3.05, 3.63) is 46.3 Å². The summed E-state index contributed by atoms with van der Waals surface area (Å²) in [6, 6.07) is 10.1. The maximum absolute atomic E-state index is 12.9. The van der Waals surface area contributed by atoms with Crippen LogP contribution in [-0.4, -0.2) is 61.6 Å². The first-order valence-electron chi connectivity index (χ1n) is 8.68. The molecule has 2 heterocycles. The molecule has 1 aliphatic rings. The van der Waals surface area contributed by atoms with Crippen molar-refractivity contribution in [2.75, 3.05) is 45.9 Å². The van der Waals surface area contributed by atoms with Crippen LogP contribution in [0.15, 0.2) is 39.5 Å². The molecular weight excluding hydrogens is 334 g/mol. The fourth-order valence-corrected chi connectivity index (χ4v) is 2.95. The lowest BCUT2D eigenvalue weighted by molar-refractivity contribution is 0.0322. The molecule has 1 aromatic heterocycles. The standard InChI is InChI=1S/C19H21N3O4/c20-6-3-7-22(9-8-21-10-12-25-13-11-21)19(24)18-14-16(23)15-4-1-2-5-17(15)26-18/h1-2,4-5,14H,3,7-13H2. The molecule has 7 heteroatoms. The smallest absolute Gasteiger partial charge is 0.289 e. The van der Waals surface area contributed by atoms with E-state index in [0.717, 1.165) is 13.1 Å². The van der Waals surface area contributed by atoms with Crippen molar-refractivity contribution >= 4 is 16.9 Å². The van der Waals surface area contributed by atoms with Gasteiger partial charge in [0, 0.05) is 38.8 Å². The minimum Gasteiger partial charge on any atom is -0.451 e. The van der Waals surface area contributed by atoms with Gasteiger partial charge in [-0.25, -0.2) is 0 Å². The van der Waals surface area contributed by atoms with Crippen molar-refractivity contribution in [3.63, 3.8) is 0 Å². The third-order valence-corrected chi connectivity index (χ3v) is 4.42. The Kier molecular flexibility index (Phi) is 6.00. The van der Waals surface area contributed by atoms with Gasteiger partial charge in [0.2, 0.25) is 0 Å². The summed E-state index contributed by atoms with van der Waals surface area (Å²) in [6.45, 7) is 4.49. The molecule has 1 fully saturated rings. The van der Waals surface area contributed by atoms with Crippen molar-refractivity contribution in [1.82, 2.24) is 9.80 Å². The van der Waals surface area contributed by atoms with Crippen LogP contribution < -0.4 is 5.43 Å². The molecule has 0 spiro atoms. The highest BCUT2D eigenvalue weighted by molar-refractivity contribution is 5.93. The predicted molar refractivity (Wildman–Crippen MR) is 95.9 cm³/mol. The van der Waals surface area contributed by atoms with Crippen LogP contribution in [0, 0.1) is 11.3 Å². The predicted octanol–water partition coefficient (Wildman–Crippen LogP) is 1.48. The summed E-state index contributed by atoms with van der Waals surface area (Å²) >= 11 is 0. The van der Waals surface area contributed by atoms with Crippen LogP contribution >= 0.6 is 0 Å². The minimum absolute atomic E-state index is 0.00798. The van der Waals surface area contributed by atoms with Gasteiger partial charge in [-0.1, -0.05) is 12.1 Å². The normalized spacial score (nSPS) is 14.9. The maximum atomic E-state index is 12.9. The molecule has 0 radical (unpaired) electrons. The molecule has 26 heavy (non-hydrogen) atoms. The molecule has 2 aromatic rings. The molecule has 1 amide bonds. The average molecular weight is 355 g/mol.